The van der Waals surface area contributed by atoms with Crippen molar-refractivity contribution >= 4 is 11.8 Å². The molecule has 6 nitrogen and oxygen atoms in total. The van der Waals surface area contributed by atoms with Crippen molar-refractivity contribution in [3.05, 3.63) is 34.9 Å². The summed E-state index contributed by atoms with van der Waals surface area (Å²) in [6.07, 6.45) is 4.25. The zero-order chi connectivity index (χ0) is 21.7. The SMILES string of the molecule is CCCCN(C1CCC(=O)NC1=O)C(O)c1cc(CN2CCC(C)CC2)ccc1C. The second-order valence-corrected chi connectivity index (χ2v) is 9.08. The van der Waals surface area contributed by atoms with Crippen LogP contribution >= 0.6 is 0 Å². The molecule has 0 aliphatic carbocycles. The topological polar surface area (TPSA) is 72.9 Å². The molecule has 0 bridgehead atoms. The molecule has 30 heavy (non-hydrogen) atoms. The van der Waals surface area contributed by atoms with Gasteiger partial charge in [0.05, 0.1) is 6.04 Å². The summed E-state index contributed by atoms with van der Waals surface area (Å²) in [5.41, 5.74) is 3.08. The van der Waals surface area contributed by atoms with Crippen molar-refractivity contribution in [3.63, 3.8) is 0 Å². The van der Waals surface area contributed by atoms with Crippen LogP contribution in [0.3, 0.4) is 0 Å². The number of unbranched alkanes of at least 4 members (excludes halogenated alkanes) is 1. The average Bonchev–Trinajstić information content (AvgIpc) is 2.72. The molecular formula is C24H37N3O3. The zero-order valence-corrected chi connectivity index (χ0v) is 18.7. The first kappa shape index (κ1) is 22.9. The van der Waals surface area contributed by atoms with E-state index in [9.17, 15) is 14.7 Å². The highest BCUT2D eigenvalue weighted by molar-refractivity contribution is 6.00. The molecule has 0 radical (unpaired) electrons. The molecule has 2 fully saturated rings. The summed E-state index contributed by atoms with van der Waals surface area (Å²) in [6, 6.07) is 5.84. The molecule has 2 aliphatic heterocycles. The highest BCUT2D eigenvalue weighted by Crippen LogP contribution is 2.28. The first-order valence-corrected chi connectivity index (χ1v) is 11.5. The third-order valence-electron chi connectivity index (χ3n) is 6.60. The molecule has 3 rings (SSSR count). The summed E-state index contributed by atoms with van der Waals surface area (Å²) in [5.74, 6) is 0.283. The highest BCUT2D eigenvalue weighted by atomic mass is 16.3. The molecule has 2 unspecified atom stereocenters. The number of imide groups is 1. The predicted molar refractivity (Wildman–Crippen MR) is 118 cm³/mol. The summed E-state index contributed by atoms with van der Waals surface area (Å²) in [4.78, 5) is 28.4. The number of rotatable bonds is 8. The van der Waals surface area contributed by atoms with E-state index in [4.69, 9.17) is 0 Å². The van der Waals surface area contributed by atoms with E-state index in [1.54, 1.807) is 0 Å². The molecule has 1 aromatic rings. The minimum Gasteiger partial charge on any atom is -0.374 e. The monoisotopic (exact) mass is 415 g/mol. The molecule has 2 atom stereocenters. The van der Waals surface area contributed by atoms with Crippen LogP contribution in [0, 0.1) is 12.8 Å². The fraction of sp³-hybridized carbons (Fsp3) is 0.667. The van der Waals surface area contributed by atoms with Crippen LogP contribution in [0.1, 0.15) is 75.3 Å². The van der Waals surface area contributed by atoms with Crippen LogP contribution in [0.4, 0.5) is 0 Å². The molecule has 0 spiro atoms. The Balaban J connectivity index is 1.78. The Morgan fingerprint density at radius 2 is 1.97 bits per heavy atom. The van der Waals surface area contributed by atoms with Crippen LogP contribution in [-0.2, 0) is 16.1 Å². The van der Waals surface area contributed by atoms with Gasteiger partial charge < -0.3 is 5.11 Å². The quantitative estimate of drug-likeness (QED) is 0.504. The van der Waals surface area contributed by atoms with E-state index < -0.39 is 12.3 Å². The number of aliphatic hydroxyl groups is 1. The molecule has 2 aliphatic rings. The van der Waals surface area contributed by atoms with Crippen molar-refractivity contribution < 1.29 is 14.7 Å². The minimum absolute atomic E-state index is 0.227. The van der Waals surface area contributed by atoms with Crippen molar-refractivity contribution in [2.24, 2.45) is 5.92 Å². The average molecular weight is 416 g/mol. The number of aryl methyl sites for hydroxylation is 1. The van der Waals surface area contributed by atoms with Crippen LogP contribution in [0.2, 0.25) is 0 Å². The van der Waals surface area contributed by atoms with Crippen LogP contribution < -0.4 is 5.32 Å². The highest BCUT2D eigenvalue weighted by Gasteiger charge is 2.35. The third kappa shape index (κ3) is 5.68. The number of aliphatic hydroxyl groups excluding tert-OH is 1. The van der Waals surface area contributed by atoms with E-state index in [2.05, 4.69) is 42.3 Å². The van der Waals surface area contributed by atoms with Crippen LogP contribution in [-0.4, -0.2) is 52.4 Å². The maximum Gasteiger partial charge on any atom is 0.244 e. The van der Waals surface area contributed by atoms with Crippen LogP contribution in [0.5, 0.6) is 0 Å². The number of nitrogens with zero attached hydrogens (tertiary/aromatic N) is 2. The Morgan fingerprint density at radius 1 is 1.23 bits per heavy atom. The summed E-state index contributed by atoms with van der Waals surface area (Å²) < 4.78 is 0. The van der Waals surface area contributed by atoms with Gasteiger partial charge in [-0.15, -0.1) is 0 Å². The Labute approximate surface area is 180 Å². The normalized spacial score (nSPS) is 22.4. The maximum atomic E-state index is 12.5. The first-order valence-electron chi connectivity index (χ1n) is 11.5. The number of carbonyl (C=O) groups excluding carboxylic acids is 2. The number of hydrogen-bond donors (Lipinski definition) is 2. The fourth-order valence-electron chi connectivity index (χ4n) is 4.51. The van der Waals surface area contributed by atoms with Gasteiger partial charge in [0.15, 0.2) is 0 Å². The van der Waals surface area contributed by atoms with Gasteiger partial charge in [0.2, 0.25) is 11.8 Å². The van der Waals surface area contributed by atoms with Crippen molar-refractivity contribution in [2.45, 2.75) is 78.1 Å². The van der Waals surface area contributed by atoms with Crippen molar-refractivity contribution in [1.29, 1.82) is 0 Å². The molecule has 6 heteroatoms. The Bertz CT molecular complexity index is 743. The summed E-state index contributed by atoms with van der Waals surface area (Å²) >= 11 is 0. The largest absolute Gasteiger partial charge is 0.374 e. The van der Waals surface area contributed by atoms with E-state index in [0.29, 0.717) is 19.4 Å². The van der Waals surface area contributed by atoms with Gasteiger partial charge in [-0.2, -0.15) is 0 Å². The molecule has 2 heterocycles. The lowest BCUT2D eigenvalue weighted by Gasteiger charge is -2.37. The maximum absolute atomic E-state index is 12.5. The van der Waals surface area contributed by atoms with Gasteiger partial charge in [0.25, 0.3) is 0 Å². The van der Waals surface area contributed by atoms with Gasteiger partial charge in [0, 0.05) is 19.5 Å². The Kier molecular flexibility index (Phi) is 8.03. The summed E-state index contributed by atoms with van der Waals surface area (Å²) in [6.45, 7) is 10.2. The zero-order valence-electron chi connectivity index (χ0n) is 18.7. The lowest BCUT2D eigenvalue weighted by molar-refractivity contribution is -0.142. The van der Waals surface area contributed by atoms with Gasteiger partial charge in [0.1, 0.15) is 6.23 Å². The first-order chi connectivity index (χ1) is 14.4. The number of carbonyl (C=O) groups is 2. The number of hydrogen-bond acceptors (Lipinski definition) is 5. The lowest BCUT2D eigenvalue weighted by Crippen LogP contribution is -2.53. The van der Waals surface area contributed by atoms with Gasteiger partial charge in [-0.05, 0) is 68.3 Å². The smallest absolute Gasteiger partial charge is 0.244 e. The van der Waals surface area contributed by atoms with Crippen molar-refractivity contribution in [2.75, 3.05) is 19.6 Å². The van der Waals surface area contributed by atoms with Gasteiger partial charge in [-0.25, -0.2) is 0 Å². The summed E-state index contributed by atoms with van der Waals surface area (Å²) in [5, 5.41) is 13.8. The summed E-state index contributed by atoms with van der Waals surface area (Å²) in [7, 11) is 0. The van der Waals surface area contributed by atoms with Crippen molar-refractivity contribution in [1.82, 2.24) is 15.1 Å². The lowest BCUT2D eigenvalue weighted by atomic mass is 9.97. The van der Waals surface area contributed by atoms with Crippen LogP contribution in [0.15, 0.2) is 18.2 Å². The number of likely N-dealkylation sites (tertiary alicyclic amines) is 1. The minimum atomic E-state index is -0.859. The molecule has 0 saturated carbocycles. The van der Waals surface area contributed by atoms with Crippen LogP contribution in [0.25, 0.3) is 0 Å². The molecule has 2 N–H and O–H groups in total. The predicted octanol–water partition coefficient (Wildman–Crippen LogP) is 3.13. The standard InChI is InChI=1S/C24H37N3O3/c1-4-5-12-27(21-8-9-22(28)25-23(21)29)24(30)20-15-19(7-6-18(20)3)16-26-13-10-17(2)11-14-26/h6-7,15,17,21,24,30H,4-5,8-14,16H2,1-3H3,(H,25,28,29). The number of benzene rings is 1. The molecule has 2 amide bonds. The number of piperidine rings is 2. The van der Waals surface area contributed by atoms with E-state index in [1.807, 2.05) is 11.8 Å². The molecule has 1 aromatic carbocycles. The van der Waals surface area contributed by atoms with Gasteiger partial charge in [-0.3, -0.25) is 24.7 Å². The number of nitrogens with one attached hydrogen (secondary N) is 1. The Morgan fingerprint density at radius 3 is 2.63 bits per heavy atom. The van der Waals surface area contributed by atoms with Gasteiger partial charge in [-0.1, -0.05) is 38.5 Å². The molecule has 0 aromatic heterocycles. The van der Waals surface area contributed by atoms with E-state index in [-0.39, 0.29) is 11.8 Å². The van der Waals surface area contributed by atoms with Gasteiger partial charge >= 0.3 is 0 Å². The molecule has 166 valence electrons. The van der Waals surface area contributed by atoms with E-state index in [1.165, 1.54) is 18.4 Å². The Hall–Kier alpha value is -1.76. The molecule has 2 saturated heterocycles. The van der Waals surface area contributed by atoms with E-state index in [0.717, 1.165) is 49.5 Å². The second-order valence-electron chi connectivity index (χ2n) is 9.08. The molecular weight excluding hydrogens is 378 g/mol. The second kappa shape index (κ2) is 10.5. The fourth-order valence-corrected chi connectivity index (χ4v) is 4.51. The van der Waals surface area contributed by atoms with Crippen molar-refractivity contribution in [3.8, 4) is 0 Å². The third-order valence-corrected chi connectivity index (χ3v) is 6.60. The number of amides is 2. The van der Waals surface area contributed by atoms with E-state index >= 15 is 0 Å².